The molecule has 0 spiro atoms. The van der Waals surface area contributed by atoms with Gasteiger partial charge in [-0.15, -0.1) is 6.58 Å². The lowest BCUT2D eigenvalue weighted by Crippen LogP contribution is -2.35. The van der Waals surface area contributed by atoms with E-state index >= 15 is 0 Å². The number of aromatic carboxylic acids is 1. The highest BCUT2D eigenvalue weighted by atomic mass is 16.4. The number of amides is 2. The zero-order valence-electron chi connectivity index (χ0n) is 10.9. The molecule has 2 N–H and O–H groups in total. The Morgan fingerprint density at radius 2 is 2.00 bits per heavy atom. The number of hydrogen-bond acceptors (Lipinski definition) is 2. The average Bonchev–Trinajstić information content (AvgIpc) is 2.39. The van der Waals surface area contributed by atoms with Gasteiger partial charge in [0.2, 0.25) is 0 Å². The van der Waals surface area contributed by atoms with Crippen molar-refractivity contribution in [2.24, 2.45) is 0 Å². The molecular weight excluding hydrogens is 244 g/mol. The van der Waals surface area contributed by atoms with Crippen molar-refractivity contribution in [1.82, 2.24) is 4.90 Å². The van der Waals surface area contributed by atoms with Crippen LogP contribution in [0.1, 0.15) is 23.7 Å². The van der Waals surface area contributed by atoms with E-state index in [1.54, 1.807) is 23.1 Å². The van der Waals surface area contributed by atoms with Crippen LogP contribution in [-0.2, 0) is 0 Å². The molecule has 19 heavy (non-hydrogen) atoms. The number of carboxylic acid groups (broad SMARTS) is 1. The van der Waals surface area contributed by atoms with Gasteiger partial charge in [-0.3, -0.25) is 0 Å². The maximum Gasteiger partial charge on any atom is 0.335 e. The highest BCUT2D eigenvalue weighted by molar-refractivity contribution is 5.91. The number of nitrogens with zero attached hydrogens (tertiary/aromatic N) is 1. The highest BCUT2D eigenvalue weighted by Crippen LogP contribution is 2.10. The average molecular weight is 262 g/mol. The van der Waals surface area contributed by atoms with Gasteiger partial charge in [0.05, 0.1) is 5.56 Å². The van der Waals surface area contributed by atoms with Crippen molar-refractivity contribution < 1.29 is 14.7 Å². The summed E-state index contributed by atoms with van der Waals surface area (Å²) in [5.41, 5.74) is 0.759. The summed E-state index contributed by atoms with van der Waals surface area (Å²) in [5.74, 6) is -0.989. The first-order valence-electron chi connectivity index (χ1n) is 6.08. The number of rotatable bonds is 6. The van der Waals surface area contributed by atoms with E-state index in [1.807, 2.05) is 6.92 Å². The molecule has 0 atom stereocenters. The Morgan fingerprint density at radius 3 is 2.47 bits per heavy atom. The number of nitrogens with one attached hydrogen (secondary N) is 1. The molecule has 0 fully saturated rings. The van der Waals surface area contributed by atoms with Crippen LogP contribution in [0.5, 0.6) is 0 Å². The smallest absolute Gasteiger partial charge is 0.335 e. The summed E-state index contributed by atoms with van der Waals surface area (Å²) >= 11 is 0. The maximum absolute atomic E-state index is 12.0. The van der Waals surface area contributed by atoms with Gasteiger partial charge in [0, 0.05) is 18.8 Å². The fraction of sp³-hybridized carbons (Fsp3) is 0.286. The van der Waals surface area contributed by atoms with Crippen LogP contribution in [0.15, 0.2) is 36.9 Å². The number of anilines is 1. The van der Waals surface area contributed by atoms with Gasteiger partial charge in [-0.25, -0.2) is 9.59 Å². The van der Waals surface area contributed by atoms with Gasteiger partial charge in [0.1, 0.15) is 0 Å². The van der Waals surface area contributed by atoms with E-state index in [-0.39, 0.29) is 11.6 Å². The lowest BCUT2D eigenvalue weighted by Gasteiger charge is -2.20. The van der Waals surface area contributed by atoms with Gasteiger partial charge in [-0.2, -0.15) is 0 Å². The summed E-state index contributed by atoms with van der Waals surface area (Å²) in [6.07, 6.45) is 2.53. The quantitative estimate of drug-likeness (QED) is 0.774. The molecule has 2 amide bonds. The van der Waals surface area contributed by atoms with Gasteiger partial charge in [0.25, 0.3) is 0 Å². The second-order valence-corrected chi connectivity index (χ2v) is 4.05. The Bertz CT molecular complexity index is 454. The minimum absolute atomic E-state index is 0.189. The monoisotopic (exact) mass is 262 g/mol. The van der Waals surface area contributed by atoms with Crippen molar-refractivity contribution in [3.63, 3.8) is 0 Å². The van der Waals surface area contributed by atoms with E-state index in [1.165, 1.54) is 12.1 Å². The number of carboxylic acids is 1. The van der Waals surface area contributed by atoms with Crippen molar-refractivity contribution in [2.75, 3.05) is 18.4 Å². The minimum Gasteiger partial charge on any atom is -0.478 e. The van der Waals surface area contributed by atoms with Gasteiger partial charge >= 0.3 is 12.0 Å². The standard InChI is InChI=1S/C14H18N2O3/c1-3-9-16(10-4-2)14(19)15-12-7-5-11(6-8-12)13(17)18/h3,5-8H,1,4,9-10H2,2H3,(H,15,19)(H,17,18). The second kappa shape index (κ2) is 7.20. The predicted octanol–water partition coefficient (Wildman–Crippen LogP) is 2.81. The van der Waals surface area contributed by atoms with Crippen molar-refractivity contribution in [3.05, 3.63) is 42.5 Å². The summed E-state index contributed by atoms with van der Waals surface area (Å²) in [5, 5.41) is 11.5. The van der Waals surface area contributed by atoms with E-state index in [9.17, 15) is 9.59 Å². The molecule has 1 rings (SSSR count). The molecule has 0 unspecified atom stereocenters. The van der Waals surface area contributed by atoms with E-state index in [4.69, 9.17) is 5.11 Å². The molecule has 0 radical (unpaired) electrons. The fourth-order valence-electron chi connectivity index (χ4n) is 1.60. The van der Waals surface area contributed by atoms with Gasteiger partial charge in [-0.1, -0.05) is 13.0 Å². The van der Waals surface area contributed by atoms with Crippen LogP contribution in [0.3, 0.4) is 0 Å². The summed E-state index contributed by atoms with van der Waals surface area (Å²) in [6, 6.07) is 5.83. The van der Waals surface area contributed by atoms with Crippen LogP contribution in [0, 0.1) is 0 Å². The molecular formula is C14H18N2O3. The number of carbonyl (C=O) groups is 2. The summed E-state index contributed by atoms with van der Waals surface area (Å²) < 4.78 is 0. The Balaban J connectivity index is 2.69. The largest absolute Gasteiger partial charge is 0.478 e. The fourth-order valence-corrected chi connectivity index (χ4v) is 1.60. The molecule has 0 saturated carbocycles. The van der Waals surface area contributed by atoms with Crippen molar-refractivity contribution in [2.45, 2.75) is 13.3 Å². The molecule has 5 nitrogen and oxygen atoms in total. The molecule has 5 heteroatoms. The lowest BCUT2D eigenvalue weighted by atomic mass is 10.2. The first kappa shape index (κ1) is 14.8. The summed E-state index contributed by atoms with van der Waals surface area (Å²) in [7, 11) is 0. The zero-order valence-corrected chi connectivity index (χ0v) is 10.9. The topological polar surface area (TPSA) is 69.6 Å². The molecule has 0 bridgehead atoms. The van der Waals surface area contributed by atoms with Crippen LogP contribution in [0.4, 0.5) is 10.5 Å². The number of carbonyl (C=O) groups excluding carboxylic acids is 1. The maximum atomic E-state index is 12.0. The molecule has 0 aliphatic rings. The predicted molar refractivity (Wildman–Crippen MR) is 74.5 cm³/mol. The van der Waals surface area contributed by atoms with Gasteiger partial charge in [-0.05, 0) is 30.7 Å². The van der Waals surface area contributed by atoms with Crippen LogP contribution >= 0.6 is 0 Å². The van der Waals surface area contributed by atoms with Crippen LogP contribution in [0.25, 0.3) is 0 Å². The van der Waals surface area contributed by atoms with Gasteiger partial charge < -0.3 is 15.3 Å². The Labute approximate surface area is 112 Å². The van der Waals surface area contributed by atoms with Crippen LogP contribution < -0.4 is 5.32 Å². The van der Waals surface area contributed by atoms with E-state index in [0.717, 1.165) is 6.42 Å². The molecule has 0 aliphatic heterocycles. The lowest BCUT2D eigenvalue weighted by molar-refractivity contribution is 0.0697. The first-order valence-corrected chi connectivity index (χ1v) is 6.08. The SMILES string of the molecule is C=CCN(CCC)C(=O)Nc1ccc(C(=O)O)cc1. The third-order valence-electron chi connectivity index (χ3n) is 2.51. The summed E-state index contributed by atoms with van der Waals surface area (Å²) in [4.78, 5) is 24.3. The van der Waals surface area contributed by atoms with Crippen molar-refractivity contribution in [3.8, 4) is 0 Å². The van der Waals surface area contributed by atoms with Crippen molar-refractivity contribution in [1.29, 1.82) is 0 Å². The van der Waals surface area contributed by atoms with Gasteiger partial charge in [0.15, 0.2) is 0 Å². The molecule has 102 valence electrons. The first-order chi connectivity index (χ1) is 9.08. The third-order valence-corrected chi connectivity index (χ3v) is 2.51. The molecule has 0 aliphatic carbocycles. The number of hydrogen-bond donors (Lipinski definition) is 2. The number of urea groups is 1. The normalized spacial score (nSPS) is 9.74. The minimum atomic E-state index is -0.989. The zero-order chi connectivity index (χ0) is 14.3. The molecule has 0 aromatic heterocycles. The number of benzene rings is 1. The highest BCUT2D eigenvalue weighted by Gasteiger charge is 2.11. The molecule has 0 saturated heterocycles. The summed E-state index contributed by atoms with van der Waals surface area (Å²) in [6.45, 7) is 6.73. The molecule has 1 aromatic rings. The Kier molecular flexibility index (Phi) is 5.60. The van der Waals surface area contributed by atoms with Crippen LogP contribution in [-0.4, -0.2) is 35.1 Å². The second-order valence-electron chi connectivity index (χ2n) is 4.05. The molecule has 0 heterocycles. The van der Waals surface area contributed by atoms with Crippen molar-refractivity contribution >= 4 is 17.7 Å². The van der Waals surface area contributed by atoms with E-state index < -0.39 is 5.97 Å². The third kappa shape index (κ3) is 4.46. The Morgan fingerprint density at radius 1 is 1.37 bits per heavy atom. The van der Waals surface area contributed by atoms with E-state index in [2.05, 4.69) is 11.9 Å². The molecule has 1 aromatic carbocycles. The van der Waals surface area contributed by atoms with Crippen LogP contribution in [0.2, 0.25) is 0 Å². The van der Waals surface area contributed by atoms with E-state index in [0.29, 0.717) is 18.8 Å². The Hall–Kier alpha value is -2.30.